The molecular formula is C8H14Te. The number of hydrogen-bond acceptors (Lipinski definition) is 0. The van der Waals surface area contributed by atoms with Crippen LogP contribution in [0.1, 0.15) is 21.0 Å². The zero-order chi connectivity index (χ0) is 7.28. The van der Waals surface area contributed by atoms with Crippen molar-refractivity contribution in [3.05, 3.63) is 19.3 Å². The molecule has 1 heteroatoms. The van der Waals surface area contributed by atoms with Gasteiger partial charge in [-0.25, -0.2) is 0 Å². The van der Waals surface area contributed by atoms with E-state index < -0.39 is 0 Å². The van der Waals surface area contributed by atoms with Crippen molar-refractivity contribution in [2.75, 3.05) is 0 Å². The molecule has 0 fully saturated rings. The van der Waals surface area contributed by atoms with Crippen LogP contribution < -0.4 is 0 Å². The van der Waals surface area contributed by atoms with E-state index >= 15 is 0 Å². The van der Waals surface area contributed by atoms with Crippen molar-refractivity contribution in [1.29, 1.82) is 0 Å². The van der Waals surface area contributed by atoms with Crippen LogP contribution in [-0.2, 0) is 0 Å². The third-order valence-corrected chi connectivity index (χ3v) is 3.49. The van der Waals surface area contributed by atoms with Gasteiger partial charge in [-0.15, -0.1) is 0 Å². The molecule has 1 aromatic rings. The minimum absolute atomic E-state index is 0.183. The van der Waals surface area contributed by atoms with Gasteiger partial charge in [0, 0.05) is 0 Å². The van der Waals surface area contributed by atoms with Gasteiger partial charge >= 0.3 is 53.6 Å². The predicted molar refractivity (Wildman–Crippen MR) is 44.2 cm³/mol. The molecule has 0 radical (unpaired) electrons. The average Bonchev–Trinajstić information content (AvgIpc) is 2.20. The molecule has 0 bridgehead atoms. The summed E-state index contributed by atoms with van der Waals surface area (Å²) in [5.74, 6) is 0. The molecule has 1 rings (SSSR count). The van der Waals surface area contributed by atoms with Crippen LogP contribution in [-0.4, -0.2) is 20.4 Å². The van der Waals surface area contributed by atoms with Crippen LogP contribution in [0.25, 0.3) is 0 Å². The average molecular weight is 238 g/mol. The van der Waals surface area contributed by atoms with Crippen molar-refractivity contribution in [3.63, 3.8) is 0 Å². The van der Waals surface area contributed by atoms with Crippen molar-refractivity contribution in [3.8, 4) is 0 Å². The zero-order valence-corrected chi connectivity index (χ0v) is 8.89. The fraction of sp³-hybridized carbons (Fsp3) is 0.500. The Hall–Kier alpha value is 0.270. The van der Waals surface area contributed by atoms with E-state index in [1.807, 2.05) is 13.8 Å². The van der Waals surface area contributed by atoms with Crippen molar-refractivity contribution >= 4 is 20.4 Å². The van der Waals surface area contributed by atoms with E-state index in [1.165, 1.54) is 0 Å². The molecule has 0 aliphatic rings. The van der Waals surface area contributed by atoms with Crippen molar-refractivity contribution < 1.29 is 0 Å². The van der Waals surface area contributed by atoms with Crippen LogP contribution in [0.2, 0.25) is 0 Å². The molecule has 0 amide bonds. The first kappa shape index (κ1) is 9.27. The molecule has 0 nitrogen and oxygen atoms in total. The van der Waals surface area contributed by atoms with Crippen molar-refractivity contribution in [1.82, 2.24) is 0 Å². The first-order chi connectivity index (χ1) is 4.29. The van der Waals surface area contributed by atoms with E-state index in [0.29, 0.717) is 0 Å². The Kier molecular flexibility index (Phi) is 5.24. The third-order valence-electron chi connectivity index (χ3n) is 0.875. The van der Waals surface area contributed by atoms with Gasteiger partial charge in [0.15, 0.2) is 0 Å². The fourth-order valence-electron chi connectivity index (χ4n) is 0.557. The molecule has 52 valence electrons. The summed E-state index contributed by atoms with van der Waals surface area (Å²) in [6, 6.07) is 4.47. The molecule has 0 saturated heterocycles. The van der Waals surface area contributed by atoms with Crippen molar-refractivity contribution in [2.24, 2.45) is 0 Å². The van der Waals surface area contributed by atoms with Gasteiger partial charge in [0.05, 0.1) is 0 Å². The summed E-state index contributed by atoms with van der Waals surface area (Å²) in [5, 5.41) is 0. The van der Waals surface area contributed by atoms with E-state index in [2.05, 4.69) is 26.0 Å². The second-order valence-corrected chi connectivity index (χ2v) is 5.92. The molecule has 0 atom stereocenters. The molecule has 0 N–H and O–H groups in total. The second kappa shape index (κ2) is 5.09. The molecule has 0 aliphatic carbocycles. The molecule has 0 unspecified atom stereocenters. The fourth-order valence-corrected chi connectivity index (χ4v) is 2.78. The molecule has 0 aromatic carbocycles. The Morgan fingerprint density at radius 3 is 1.44 bits per heavy atom. The standard InChI is InChI=1S/C6H8Te.C2H6/c1-5-3-4-6(2)7-5;1-2/h3-4H,1-2H3;1-2H3. The summed E-state index contributed by atoms with van der Waals surface area (Å²) in [6.45, 7) is 8.43. The van der Waals surface area contributed by atoms with Gasteiger partial charge in [-0.1, -0.05) is 13.8 Å². The molecule has 0 aliphatic heterocycles. The van der Waals surface area contributed by atoms with Gasteiger partial charge in [-0.3, -0.25) is 0 Å². The Balaban J connectivity index is 0.000000291. The van der Waals surface area contributed by atoms with Gasteiger partial charge in [0.1, 0.15) is 0 Å². The maximum absolute atomic E-state index is 2.23. The molecular weight excluding hydrogens is 224 g/mol. The topological polar surface area (TPSA) is 0 Å². The van der Waals surface area contributed by atoms with Gasteiger partial charge in [-0.05, 0) is 0 Å². The number of aryl methyl sites for hydroxylation is 2. The van der Waals surface area contributed by atoms with Crippen LogP contribution >= 0.6 is 0 Å². The van der Waals surface area contributed by atoms with E-state index in [4.69, 9.17) is 0 Å². The summed E-state index contributed by atoms with van der Waals surface area (Å²) in [6.07, 6.45) is 0. The van der Waals surface area contributed by atoms with Crippen molar-refractivity contribution in [2.45, 2.75) is 27.7 Å². The number of hydrogen-bond donors (Lipinski definition) is 0. The second-order valence-electron chi connectivity index (χ2n) is 1.66. The van der Waals surface area contributed by atoms with E-state index in [0.717, 1.165) is 0 Å². The summed E-state index contributed by atoms with van der Waals surface area (Å²) in [4.78, 5) is 0. The van der Waals surface area contributed by atoms with Gasteiger partial charge in [0.2, 0.25) is 0 Å². The summed E-state index contributed by atoms with van der Waals surface area (Å²) < 4.78 is 3.23. The summed E-state index contributed by atoms with van der Waals surface area (Å²) in [5.41, 5.74) is 0. The van der Waals surface area contributed by atoms with Crippen LogP contribution in [0.4, 0.5) is 0 Å². The molecule has 0 saturated carbocycles. The Morgan fingerprint density at radius 2 is 1.33 bits per heavy atom. The third kappa shape index (κ3) is 3.78. The summed E-state index contributed by atoms with van der Waals surface area (Å²) in [7, 11) is 0. The Bertz CT molecular complexity index is 137. The van der Waals surface area contributed by atoms with Gasteiger partial charge in [0.25, 0.3) is 0 Å². The Morgan fingerprint density at radius 1 is 1.00 bits per heavy atom. The van der Waals surface area contributed by atoms with Gasteiger partial charge in [-0.2, -0.15) is 0 Å². The van der Waals surface area contributed by atoms with Gasteiger partial charge < -0.3 is 0 Å². The Labute approximate surface area is 67.5 Å². The van der Waals surface area contributed by atoms with Crippen LogP contribution in [0.15, 0.2) is 12.1 Å². The molecule has 9 heavy (non-hydrogen) atoms. The van der Waals surface area contributed by atoms with Crippen LogP contribution in [0, 0.1) is 13.8 Å². The quantitative estimate of drug-likeness (QED) is 0.608. The minimum atomic E-state index is 0.183. The number of rotatable bonds is 0. The molecule has 1 aromatic heterocycles. The van der Waals surface area contributed by atoms with Crippen LogP contribution in [0.3, 0.4) is 0 Å². The first-order valence-corrected chi connectivity index (χ1v) is 5.65. The SMILES string of the molecule is CC.Cc1ccc(C)[te]1. The molecule has 1 heterocycles. The molecule has 0 spiro atoms. The normalized spacial score (nSPS) is 8.00. The van der Waals surface area contributed by atoms with Crippen LogP contribution in [0.5, 0.6) is 0 Å². The van der Waals surface area contributed by atoms with E-state index in [1.54, 1.807) is 7.16 Å². The zero-order valence-electron chi connectivity index (χ0n) is 6.56. The first-order valence-electron chi connectivity index (χ1n) is 3.32. The van der Waals surface area contributed by atoms with E-state index in [-0.39, 0.29) is 20.4 Å². The monoisotopic (exact) mass is 240 g/mol. The van der Waals surface area contributed by atoms with E-state index in [9.17, 15) is 0 Å². The predicted octanol–water partition coefficient (Wildman–Crippen LogP) is 2.39. The summed E-state index contributed by atoms with van der Waals surface area (Å²) >= 11 is 0.183. The maximum atomic E-state index is 2.23.